The van der Waals surface area contributed by atoms with E-state index in [1.165, 1.54) is 18.5 Å². The molecule has 0 unspecified atom stereocenters. The summed E-state index contributed by atoms with van der Waals surface area (Å²) in [7, 11) is 0. The molecule has 0 radical (unpaired) electrons. The van der Waals surface area contributed by atoms with Crippen LogP contribution < -0.4 is 10.6 Å². The molecule has 0 saturated carbocycles. The third-order valence-electron chi connectivity index (χ3n) is 3.53. The van der Waals surface area contributed by atoms with Gasteiger partial charge in [-0.25, -0.2) is 23.8 Å². The van der Waals surface area contributed by atoms with Crippen LogP contribution in [0.25, 0.3) is 5.82 Å². The Morgan fingerprint density at radius 1 is 1.08 bits per heavy atom. The first kappa shape index (κ1) is 16.6. The molecule has 3 aromatic rings. The van der Waals surface area contributed by atoms with Crippen LogP contribution in [0, 0.1) is 5.82 Å². The van der Waals surface area contributed by atoms with E-state index >= 15 is 0 Å². The normalized spacial score (nSPS) is 10.4. The third-order valence-corrected chi connectivity index (χ3v) is 3.53. The highest BCUT2D eigenvalue weighted by atomic mass is 19.1. The van der Waals surface area contributed by atoms with Crippen molar-refractivity contribution in [1.82, 2.24) is 30.4 Å². The summed E-state index contributed by atoms with van der Waals surface area (Å²) in [5, 5.41) is 9.52. The number of hydrogen-bond acceptors (Lipinski definition) is 4. The van der Waals surface area contributed by atoms with Crippen LogP contribution in [-0.4, -0.2) is 32.3 Å². The highest BCUT2D eigenvalue weighted by Gasteiger charge is 2.03. The molecule has 2 N–H and O–H groups in total. The van der Waals surface area contributed by atoms with E-state index in [4.69, 9.17) is 0 Å². The topological polar surface area (TPSA) is 84.7 Å². The zero-order chi connectivity index (χ0) is 17.5. The molecule has 0 aliphatic carbocycles. The summed E-state index contributed by atoms with van der Waals surface area (Å²) in [6, 6.07) is 9.63. The molecule has 3 rings (SSSR count). The van der Waals surface area contributed by atoms with Crippen molar-refractivity contribution in [3.05, 3.63) is 72.2 Å². The summed E-state index contributed by atoms with van der Waals surface area (Å²) in [6.45, 7) is 0.841. The molecule has 2 amide bonds. The van der Waals surface area contributed by atoms with Crippen LogP contribution in [0.5, 0.6) is 0 Å². The van der Waals surface area contributed by atoms with Crippen molar-refractivity contribution in [1.29, 1.82) is 0 Å². The monoisotopic (exact) mass is 340 g/mol. The molecule has 2 aromatic heterocycles. The second-order valence-corrected chi connectivity index (χ2v) is 5.35. The van der Waals surface area contributed by atoms with Crippen molar-refractivity contribution in [2.24, 2.45) is 0 Å². The first-order valence-corrected chi connectivity index (χ1v) is 7.77. The zero-order valence-corrected chi connectivity index (χ0v) is 13.4. The Morgan fingerprint density at radius 2 is 1.88 bits per heavy atom. The second kappa shape index (κ2) is 8.00. The van der Waals surface area contributed by atoms with E-state index < -0.39 is 0 Å². The van der Waals surface area contributed by atoms with Crippen LogP contribution in [-0.2, 0) is 13.0 Å². The fraction of sp³-hybridized carbons (Fsp3) is 0.176. The Hall–Kier alpha value is -3.29. The van der Waals surface area contributed by atoms with Crippen LogP contribution in [0.4, 0.5) is 9.18 Å². The van der Waals surface area contributed by atoms with Crippen LogP contribution in [0.1, 0.15) is 11.1 Å². The molecule has 8 heteroatoms. The maximum atomic E-state index is 12.8. The number of nitrogens with one attached hydrogen (secondary N) is 2. The maximum Gasteiger partial charge on any atom is 0.315 e. The van der Waals surface area contributed by atoms with Gasteiger partial charge in [0, 0.05) is 19.3 Å². The SMILES string of the molecule is O=C(NCCc1ccc(F)cc1)NCc1ccc(-n2cncn2)nc1. The average molecular weight is 340 g/mol. The summed E-state index contributed by atoms with van der Waals surface area (Å²) >= 11 is 0. The highest BCUT2D eigenvalue weighted by Crippen LogP contribution is 2.04. The predicted molar refractivity (Wildman–Crippen MR) is 89.5 cm³/mol. The number of aromatic nitrogens is 4. The van der Waals surface area contributed by atoms with Gasteiger partial charge in [-0.2, -0.15) is 5.10 Å². The van der Waals surface area contributed by atoms with Crippen molar-refractivity contribution in [2.75, 3.05) is 6.54 Å². The number of benzene rings is 1. The van der Waals surface area contributed by atoms with Crippen molar-refractivity contribution in [2.45, 2.75) is 13.0 Å². The molecule has 128 valence electrons. The summed E-state index contributed by atoms with van der Waals surface area (Å²) < 4.78 is 14.4. The summed E-state index contributed by atoms with van der Waals surface area (Å²) in [4.78, 5) is 19.9. The Morgan fingerprint density at radius 3 is 2.56 bits per heavy atom. The lowest BCUT2D eigenvalue weighted by Gasteiger charge is -2.08. The molecule has 0 fully saturated rings. The van der Waals surface area contributed by atoms with E-state index in [0.717, 1.165) is 11.1 Å². The van der Waals surface area contributed by atoms with Crippen molar-refractivity contribution in [3.8, 4) is 5.82 Å². The van der Waals surface area contributed by atoms with Crippen LogP contribution in [0.2, 0.25) is 0 Å². The van der Waals surface area contributed by atoms with Gasteiger partial charge in [-0.3, -0.25) is 0 Å². The second-order valence-electron chi connectivity index (χ2n) is 5.35. The fourth-order valence-electron chi connectivity index (χ4n) is 2.20. The molecule has 0 spiro atoms. The number of carbonyl (C=O) groups excluding carboxylic acids is 1. The number of halogens is 1. The van der Waals surface area contributed by atoms with Gasteiger partial charge in [0.2, 0.25) is 0 Å². The molecule has 2 heterocycles. The molecule has 25 heavy (non-hydrogen) atoms. The van der Waals surface area contributed by atoms with Gasteiger partial charge in [0.15, 0.2) is 5.82 Å². The van der Waals surface area contributed by atoms with Crippen LogP contribution >= 0.6 is 0 Å². The highest BCUT2D eigenvalue weighted by molar-refractivity contribution is 5.73. The number of pyridine rings is 1. The largest absolute Gasteiger partial charge is 0.338 e. The standard InChI is InChI=1S/C17H17FN6O/c18-15-4-1-13(2-5-15)7-8-20-17(25)22-10-14-3-6-16(21-9-14)24-12-19-11-23-24/h1-6,9,11-12H,7-8,10H2,(H2,20,22,25). The van der Waals surface area contributed by atoms with Gasteiger partial charge in [-0.15, -0.1) is 0 Å². The van der Waals surface area contributed by atoms with Crippen LogP contribution in [0.3, 0.4) is 0 Å². The van der Waals surface area contributed by atoms with Gasteiger partial charge < -0.3 is 10.6 Å². The van der Waals surface area contributed by atoms with E-state index in [9.17, 15) is 9.18 Å². The van der Waals surface area contributed by atoms with E-state index in [1.54, 1.807) is 35.4 Å². The quantitative estimate of drug-likeness (QED) is 0.717. The number of carbonyl (C=O) groups is 1. The molecule has 1 aromatic carbocycles. The van der Waals surface area contributed by atoms with Crippen LogP contribution in [0.15, 0.2) is 55.2 Å². The van der Waals surface area contributed by atoms with E-state index in [2.05, 4.69) is 25.7 Å². The Kier molecular flexibility index (Phi) is 5.30. The van der Waals surface area contributed by atoms with Gasteiger partial charge in [0.25, 0.3) is 0 Å². The zero-order valence-electron chi connectivity index (χ0n) is 13.4. The first-order chi connectivity index (χ1) is 12.2. The molecule has 0 bridgehead atoms. The minimum Gasteiger partial charge on any atom is -0.338 e. The number of rotatable bonds is 6. The maximum absolute atomic E-state index is 12.8. The van der Waals surface area contributed by atoms with Crippen molar-refractivity contribution >= 4 is 6.03 Å². The number of hydrogen-bond donors (Lipinski definition) is 2. The molecule has 0 aliphatic rings. The van der Waals surface area contributed by atoms with Gasteiger partial charge in [-0.1, -0.05) is 18.2 Å². The third kappa shape index (κ3) is 4.84. The lowest BCUT2D eigenvalue weighted by Crippen LogP contribution is -2.36. The lowest BCUT2D eigenvalue weighted by molar-refractivity contribution is 0.240. The molecule has 7 nitrogen and oxygen atoms in total. The average Bonchev–Trinajstić information content (AvgIpc) is 3.17. The summed E-state index contributed by atoms with van der Waals surface area (Å²) in [6.07, 6.45) is 5.32. The van der Waals surface area contributed by atoms with Crippen molar-refractivity contribution < 1.29 is 9.18 Å². The molecule has 0 saturated heterocycles. The van der Waals surface area contributed by atoms with Gasteiger partial charge in [0.05, 0.1) is 0 Å². The predicted octanol–water partition coefficient (Wildman–Crippen LogP) is 1.84. The number of nitrogens with zero attached hydrogens (tertiary/aromatic N) is 4. The number of amides is 2. The smallest absolute Gasteiger partial charge is 0.315 e. The van der Waals surface area contributed by atoms with Gasteiger partial charge >= 0.3 is 6.03 Å². The Bertz CT molecular complexity index is 802. The number of urea groups is 1. The molecular formula is C17H17FN6O. The molecular weight excluding hydrogens is 323 g/mol. The minimum absolute atomic E-state index is 0.262. The molecule has 0 aliphatic heterocycles. The minimum atomic E-state index is -0.266. The van der Waals surface area contributed by atoms with Crippen molar-refractivity contribution in [3.63, 3.8) is 0 Å². The van der Waals surface area contributed by atoms with E-state index in [-0.39, 0.29) is 11.8 Å². The Labute approximate surface area is 143 Å². The summed E-state index contributed by atoms with van der Waals surface area (Å²) in [5.41, 5.74) is 1.84. The first-order valence-electron chi connectivity index (χ1n) is 7.77. The van der Waals surface area contributed by atoms with Gasteiger partial charge in [0.1, 0.15) is 18.5 Å². The Balaban J connectivity index is 1.40. The van der Waals surface area contributed by atoms with Gasteiger partial charge in [-0.05, 0) is 35.7 Å². The summed E-state index contributed by atoms with van der Waals surface area (Å²) in [5.74, 6) is 0.392. The van der Waals surface area contributed by atoms with E-state index in [1.807, 2.05) is 6.07 Å². The molecule has 0 atom stereocenters. The van der Waals surface area contributed by atoms with E-state index in [0.29, 0.717) is 25.3 Å². The fourth-order valence-corrected chi connectivity index (χ4v) is 2.20. The lowest BCUT2D eigenvalue weighted by atomic mass is 10.1.